The lowest BCUT2D eigenvalue weighted by Crippen LogP contribution is -2.54. The topological polar surface area (TPSA) is 55.1 Å². The van der Waals surface area contributed by atoms with Crippen molar-refractivity contribution in [2.75, 3.05) is 0 Å². The Morgan fingerprint density at radius 1 is 1.50 bits per heavy atom. The maximum absolute atomic E-state index is 12.0. The average molecular weight is 226 g/mol. The molecule has 0 aromatic heterocycles. The lowest BCUT2D eigenvalue weighted by atomic mass is 9.94. The molecule has 0 spiro atoms. The molecule has 2 unspecified atom stereocenters. The van der Waals surface area contributed by atoms with E-state index >= 15 is 0 Å². The molecule has 1 aliphatic rings. The predicted octanol–water partition coefficient (Wildman–Crippen LogP) is 2.20. The molecule has 1 saturated carbocycles. The molecule has 16 heavy (non-hydrogen) atoms. The Bertz CT molecular complexity index is 232. The van der Waals surface area contributed by atoms with Gasteiger partial charge in [0.05, 0.1) is 5.54 Å². The first-order valence-corrected chi connectivity index (χ1v) is 6.57. The summed E-state index contributed by atoms with van der Waals surface area (Å²) in [5.74, 6) is 0.662. The Labute approximate surface area is 99.2 Å². The van der Waals surface area contributed by atoms with Gasteiger partial charge in [0.2, 0.25) is 5.91 Å². The van der Waals surface area contributed by atoms with Crippen LogP contribution < -0.4 is 11.1 Å². The first-order valence-electron chi connectivity index (χ1n) is 6.57. The highest BCUT2D eigenvalue weighted by Gasteiger charge is 2.30. The second-order valence-corrected chi connectivity index (χ2v) is 5.47. The van der Waals surface area contributed by atoms with Gasteiger partial charge in [0.1, 0.15) is 0 Å². The van der Waals surface area contributed by atoms with E-state index in [0.29, 0.717) is 5.92 Å². The summed E-state index contributed by atoms with van der Waals surface area (Å²) >= 11 is 0. The number of amides is 1. The number of hydrogen-bond donors (Lipinski definition) is 2. The van der Waals surface area contributed by atoms with E-state index in [2.05, 4.69) is 19.2 Å². The van der Waals surface area contributed by atoms with Gasteiger partial charge in [-0.25, -0.2) is 0 Å². The van der Waals surface area contributed by atoms with Gasteiger partial charge in [-0.15, -0.1) is 0 Å². The van der Waals surface area contributed by atoms with Crippen LogP contribution >= 0.6 is 0 Å². The fourth-order valence-corrected chi connectivity index (χ4v) is 2.58. The van der Waals surface area contributed by atoms with Crippen molar-refractivity contribution in [2.45, 2.75) is 70.9 Å². The molecule has 1 aliphatic carbocycles. The molecule has 2 atom stereocenters. The summed E-state index contributed by atoms with van der Waals surface area (Å²) in [4.78, 5) is 12.0. The van der Waals surface area contributed by atoms with Gasteiger partial charge in [0.15, 0.2) is 0 Å². The molecule has 0 saturated heterocycles. The fourth-order valence-electron chi connectivity index (χ4n) is 2.58. The molecule has 0 bridgehead atoms. The molecule has 1 rings (SSSR count). The number of nitrogens with two attached hydrogens (primary N) is 1. The van der Waals surface area contributed by atoms with Crippen LogP contribution in [0.1, 0.15) is 59.3 Å². The van der Waals surface area contributed by atoms with Gasteiger partial charge >= 0.3 is 0 Å². The Balaban J connectivity index is 2.43. The second kappa shape index (κ2) is 5.67. The SMILES string of the molecule is CCCC(C)(N)C(=O)NC(C)C1CCCC1. The lowest BCUT2D eigenvalue weighted by Gasteiger charge is -2.28. The zero-order chi connectivity index (χ0) is 12.2. The van der Waals surface area contributed by atoms with Gasteiger partial charge in [-0.3, -0.25) is 4.79 Å². The van der Waals surface area contributed by atoms with Crippen molar-refractivity contribution in [2.24, 2.45) is 11.7 Å². The average Bonchev–Trinajstić information content (AvgIpc) is 2.70. The number of carbonyl (C=O) groups excluding carboxylic acids is 1. The van der Waals surface area contributed by atoms with E-state index in [0.717, 1.165) is 12.8 Å². The van der Waals surface area contributed by atoms with Crippen LogP contribution in [-0.4, -0.2) is 17.5 Å². The largest absolute Gasteiger partial charge is 0.352 e. The van der Waals surface area contributed by atoms with E-state index in [1.807, 2.05) is 6.92 Å². The molecular formula is C13H26N2O. The first-order chi connectivity index (χ1) is 7.47. The molecule has 0 aliphatic heterocycles. The molecule has 1 amide bonds. The zero-order valence-corrected chi connectivity index (χ0v) is 10.9. The Kier molecular flexibility index (Phi) is 4.78. The summed E-state index contributed by atoms with van der Waals surface area (Å²) in [6.45, 7) is 5.99. The highest BCUT2D eigenvalue weighted by Crippen LogP contribution is 2.27. The van der Waals surface area contributed by atoms with E-state index in [9.17, 15) is 4.79 Å². The molecule has 0 aromatic carbocycles. The third-order valence-electron chi connectivity index (χ3n) is 3.75. The molecular weight excluding hydrogens is 200 g/mol. The minimum Gasteiger partial charge on any atom is -0.352 e. The maximum Gasteiger partial charge on any atom is 0.240 e. The summed E-state index contributed by atoms with van der Waals surface area (Å²) in [5.41, 5.74) is 5.30. The molecule has 3 heteroatoms. The fraction of sp³-hybridized carbons (Fsp3) is 0.923. The van der Waals surface area contributed by atoms with Crippen LogP contribution in [0.4, 0.5) is 0 Å². The smallest absolute Gasteiger partial charge is 0.240 e. The van der Waals surface area contributed by atoms with Gasteiger partial charge in [-0.2, -0.15) is 0 Å². The number of rotatable bonds is 5. The van der Waals surface area contributed by atoms with Gasteiger partial charge in [0.25, 0.3) is 0 Å². The van der Waals surface area contributed by atoms with Crippen molar-refractivity contribution in [1.82, 2.24) is 5.32 Å². The van der Waals surface area contributed by atoms with Crippen LogP contribution in [0.25, 0.3) is 0 Å². The summed E-state index contributed by atoms with van der Waals surface area (Å²) in [5, 5.41) is 3.08. The summed E-state index contributed by atoms with van der Waals surface area (Å²) in [6, 6.07) is 0.273. The molecule has 0 radical (unpaired) electrons. The number of carbonyl (C=O) groups is 1. The van der Waals surface area contributed by atoms with E-state index in [4.69, 9.17) is 5.73 Å². The minimum atomic E-state index is -0.707. The van der Waals surface area contributed by atoms with Crippen LogP contribution in [0, 0.1) is 5.92 Å². The van der Waals surface area contributed by atoms with Crippen LogP contribution in [0.15, 0.2) is 0 Å². The van der Waals surface area contributed by atoms with Crippen molar-refractivity contribution in [1.29, 1.82) is 0 Å². The number of hydrogen-bond acceptors (Lipinski definition) is 2. The summed E-state index contributed by atoms with van der Waals surface area (Å²) in [6.07, 6.45) is 6.79. The standard InChI is InChI=1S/C13H26N2O/c1-4-9-13(3,14)12(16)15-10(2)11-7-5-6-8-11/h10-11H,4-9,14H2,1-3H3,(H,15,16). The third-order valence-corrected chi connectivity index (χ3v) is 3.75. The van der Waals surface area contributed by atoms with Crippen molar-refractivity contribution >= 4 is 5.91 Å². The van der Waals surface area contributed by atoms with Gasteiger partial charge in [-0.05, 0) is 39.0 Å². The molecule has 0 heterocycles. The Morgan fingerprint density at radius 3 is 2.56 bits per heavy atom. The van der Waals surface area contributed by atoms with E-state index in [1.54, 1.807) is 0 Å². The zero-order valence-electron chi connectivity index (χ0n) is 10.9. The predicted molar refractivity (Wildman–Crippen MR) is 67.1 cm³/mol. The van der Waals surface area contributed by atoms with Gasteiger partial charge < -0.3 is 11.1 Å². The summed E-state index contributed by atoms with van der Waals surface area (Å²) < 4.78 is 0. The normalized spacial score (nSPS) is 22.8. The van der Waals surface area contributed by atoms with Crippen LogP contribution in [0.3, 0.4) is 0 Å². The van der Waals surface area contributed by atoms with Crippen LogP contribution in [0.2, 0.25) is 0 Å². The molecule has 3 N–H and O–H groups in total. The third kappa shape index (κ3) is 3.48. The molecule has 3 nitrogen and oxygen atoms in total. The van der Waals surface area contributed by atoms with E-state index < -0.39 is 5.54 Å². The van der Waals surface area contributed by atoms with Crippen LogP contribution in [-0.2, 0) is 4.79 Å². The monoisotopic (exact) mass is 226 g/mol. The lowest BCUT2D eigenvalue weighted by molar-refractivity contribution is -0.127. The summed E-state index contributed by atoms with van der Waals surface area (Å²) in [7, 11) is 0. The quantitative estimate of drug-likeness (QED) is 0.755. The highest BCUT2D eigenvalue weighted by molar-refractivity contribution is 5.85. The molecule has 94 valence electrons. The van der Waals surface area contributed by atoms with Crippen molar-refractivity contribution in [3.05, 3.63) is 0 Å². The van der Waals surface area contributed by atoms with Crippen molar-refractivity contribution < 1.29 is 4.79 Å². The maximum atomic E-state index is 12.0. The van der Waals surface area contributed by atoms with Gasteiger partial charge in [-0.1, -0.05) is 26.2 Å². The Morgan fingerprint density at radius 2 is 2.06 bits per heavy atom. The molecule has 0 aromatic rings. The van der Waals surface area contributed by atoms with Crippen LogP contribution in [0.5, 0.6) is 0 Å². The second-order valence-electron chi connectivity index (χ2n) is 5.47. The highest BCUT2D eigenvalue weighted by atomic mass is 16.2. The number of nitrogens with one attached hydrogen (secondary N) is 1. The van der Waals surface area contributed by atoms with E-state index in [-0.39, 0.29) is 11.9 Å². The Hall–Kier alpha value is -0.570. The van der Waals surface area contributed by atoms with E-state index in [1.165, 1.54) is 25.7 Å². The minimum absolute atomic E-state index is 0.00810. The van der Waals surface area contributed by atoms with Crippen molar-refractivity contribution in [3.8, 4) is 0 Å². The van der Waals surface area contributed by atoms with Gasteiger partial charge in [0, 0.05) is 6.04 Å². The molecule has 1 fully saturated rings. The van der Waals surface area contributed by atoms with Crippen molar-refractivity contribution in [3.63, 3.8) is 0 Å². The first kappa shape index (κ1) is 13.5.